The number of hydrogen-bond acceptors (Lipinski definition) is 3. The Hall–Kier alpha value is -1.43. The van der Waals surface area contributed by atoms with Gasteiger partial charge in [-0.05, 0) is 12.5 Å². The molecule has 0 saturated heterocycles. The molecule has 0 unspecified atom stereocenters. The zero-order valence-corrected chi connectivity index (χ0v) is 14.5. The van der Waals surface area contributed by atoms with E-state index in [2.05, 4.69) is 10.3 Å². The van der Waals surface area contributed by atoms with E-state index in [1.165, 1.54) is 0 Å². The Kier molecular flexibility index (Phi) is 4.71. The van der Waals surface area contributed by atoms with Crippen LogP contribution in [0.3, 0.4) is 0 Å². The number of carbonyl (C=O) groups excluding carboxylic acids is 1. The molecule has 1 atom stereocenters. The normalized spacial score (nSPS) is 17.7. The van der Waals surface area contributed by atoms with Crippen LogP contribution in [0.15, 0.2) is 6.07 Å². The molecule has 1 aliphatic rings. The maximum atomic E-state index is 12.2. The summed E-state index contributed by atoms with van der Waals surface area (Å²) >= 11 is 12.6. The SMILES string of the molecule is COCCOc1cc(Cl)c(Cl)c2[nH]c3c(c12)[C@H](C)C(=O)NCC3. The first-order valence-corrected chi connectivity index (χ1v) is 8.22. The lowest BCUT2D eigenvalue weighted by Crippen LogP contribution is -2.26. The van der Waals surface area contributed by atoms with E-state index in [1.54, 1.807) is 13.2 Å². The summed E-state index contributed by atoms with van der Waals surface area (Å²) in [5, 5.41) is 4.60. The molecule has 124 valence electrons. The van der Waals surface area contributed by atoms with E-state index in [1.807, 2.05) is 6.92 Å². The minimum atomic E-state index is -0.289. The van der Waals surface area contributed by atoms with Crippen molar-refractivity contribution in [1.29, 1.82) is 0 Å². The first kappa shape index (κ1) is 16.4. The lowest BCUT2D eigenvalue weighted by Gasteiger charge is -2.13. The standard InChI is InChI=1S/C16H18Cl2N2O3/c1-8-12-10(3-4-19-16(8)21)20-15-13(12)11(23-6-5-22-2)7-9(17)14(15)18/h7-8,20H,3-6H2,1-2H3,(H,19,21)/t8-/m0/s1. The molecular formula is C16H18Cl2N2O3. The minimum absolute atomic E-state index is 0.00133. The molecule has 0 bridgehead atoms. The van der Waals surface area contributed by atoms with Crippen molar-refractivity contribution in [2.45, 2.75) is 19.3 Å². The fourth-order valence-corrected chi connectivity index (χ4v) is 3.37. The van der Waals surface area contributed by atoms with Gasteiger partial charge in [-0.15, -0.1) is 0 Å². The second kappa shape index (κ2) is 6.59. The van der Waals surface area contributed by atoms with Crippen molar-refractivity contribution < 1.29 is 14.3 Å². The summed E-state index contributed by atoms with van der Waals surface area (Å²) in [7, 11) is 1.61. The first-order chi connectivity index (χ1) is 11.0. The van der Waals surface area contributed by atoms with E-state index in [9.17, 15) is 4.79 Å². The van der Waals surface area contributed by atoms with Gasteiger partial charge in [-0.1, -0.05) is 23.2 Å². The molecule has 0 spiro atoms. The smallest absolute Gasteiger partial charge is 0.227 e. The summed E-state index contributed by atoms with van der Waals surface area (Å²) in [6.07, 6.45) is 0.714. The van der Waals surface area contributed by atoms with Gasteiger partial charge in [0, 0.05) is 37.2 Å². The van der Waals surface area contributed by atoms with E-state index in [0.29, 0.717) is 42.0 Å². The number of H-pyrrole nitrogens is 1. The van der Waals surface area contributed by atoms with Crippen LogP contribution in [0, 0.1) is 0 Å². The van der Waals surface area contributed by atoms with Gasteiger partial charge in [-0.2, -0.15) is 0 Å². The summed E-state index contributed by atoms with van der Waals surface area (Å²) in [5.41, 5.74) is 2.64. The predicted octanol–water partition coefficient (Wildman–Crippen LogP) is 3.28. The van der Waals surface area contributed by atoms with Crippen LogP contribution in [-0.4, -0.2) is 37.8 Å². The molecule has 2 aromatic rings. The van der Waals surface area contributed by atoms with E-state index in [-0.39, 0.29) is 11.8 Å². The topological polar surface area (TPSA) is 63.4 Å². The number of rotatable bonds is 4. The van der Waals surface area contributed by atoms with Crippen LogP contribution in [0.4, 0.5) is 0 Å². The number of aromatic nitrogens is 1. The van der Waals surface area contributed by atoms with Gasteiger partial charge in [0.15, 0.2) is 0 Å². The van der Waals surface area contributed by atoms with Crippen molar-refractivity contribution in [2.75, 3.05) is 26.9 Å². The number of carbonyl (C=O) groups is 1. The fourth-order valence-electron chi connectivity index (χ4n) is 2.98. The lowest BCUT2D eigenvalue weighted by atomic mass is 9.96. The molecule has 2 heterocycles. The van der Waals surface area contributed by atoms with Gasteiger partial charge >= 0.3 is 0 Å². The Bertz CT molecular complexity index is 758. The summed E-state index contributed by atoms with van der Waals surface area (Å²) in [6, 6.07) is 1.70. The van der Waals surface area contributed by atoms with Gasteiger partial charge in [-0.25, -0.2) is 0 Å². The fraction of sp³-hybridized carbons (Fsp3) is 0.438. The molecule has 0 radical (unpaired) electrons. The summed E-state index contributed by atoms with van der Waals surface area (Å²) in [4.78, 5) is 15.5. The molecule has 0 saturated carbocycles. The minimum Gasteiger partial charge on any atom is -0.490 e. The van der Waals surface area contributed by atoms with Crippen molar-refractivity contribution in [2.24, 2.45) is 0 Å². The van der Waals surface area contributed by atoms with Gasteiger partial charge < -0.3 is 19.8 Å². The van der Waals surface area contributed by atoms with Crippen LogP contribution in [0.25, 0.3) is 10.9 Å². The molecular weight excluding hydrogens is 339 g/mol. The van der Waals surface area contributed by atoms with Gasteiger partial charge in [-0.3, -0.25) is 4.79 Å². The van der Waals surface area contributed by atoms with Crippen LogP contribution in [-0.2, 0) is 16.0 Å². The third-order valence-electron chi connectivity index (χ3n) is 4.10. The van der Waals surface area contributed by atoms with E-state index in [0.717, 1.165) is 22.2 Å². The third kappa shape index (κ3) is 2.89. The van der Waals surface area contributed by atoms with Crippen LogP contribution in [0.1, 0.15) is 24.1 Å². The Balaban J connectivity index is 2.20. The number of ether oxygens (including phenoxy) is 2. The maximum Gasteiger partial charge on any atom is 0.227 e. The van der Waals surface area contributed by atoms with E-state index < -0.39 is 0 Å². The summed E-state index contributed by atoms with van der Waals surface area (Å²) < 4.78 is 10.9. The largest absolute Gasteiger partial charge is 0.490 e. The number of amides is 1. The van der Waals surface area contributed by atoms with E-state index in [4.69, 9.17) is 32.7 Å². The Morgan fingerprint density at radius 2 is 2.13 bits per heavy atom. The molecule has 7 heteroatoms. The lowest BCUT2D eigenvalue weighted by molar-refractivity contribution is -0.121. The molecule has 3 rings (SSSR count). The van der Waals surface area contributed by atoms with Crippen molar-refractivity contribution in [1.82, 2.24) is 10.3 Å². The average molecular weight is 357 g/mol. The van der Waals surface area contributed by atoms with Gasteiger partial charge in [0.2, 0.25) is 5.91 Å². The number of nitrogens with one attached hydrogen (secondary N) is 2. The second-order valence-corrected chi connectivity index (χ2v) is 6.33. The number of fused-ring (bicyclic) bond motifs is 3. The molecule has 1 aliphatic heterocycles. The zero-order chi connectivity index (χ0) is 16.6. The summed E-state index contributed by atoms with van der Waals surface area (Å²) in [5.74, 6) is 0.326. The number of halogens is 2. The Labute approximate surface area is 144 Å². The quantitative estimate of drug-likeness (QED) is 0.826. The number of hydrogen-bond donors (Lipinski definition) is 2. The monoisotopic (exact) mass is 356 g/mol. The molecule has 23 heavy (non-hydrogen) atoms. The molecule has 0 aliphatic carbocycles. The Morgan fingerprint density at radius 3 is 2.87 bits per heavy atom. The van der Waals surface area contributed by atoms with Crippen LogP contribution >= 0.6 is 23.2 Å². The maximum absolute atomic E-state index is 12.2. The molecule has 1 aromatic heterocycles. The highest BCUT2D eigenvalue weighted by Gasteiger charge is 2.29. The molecule has 0 fully saturated rings. The van der Waals surface area contributed by atoms with Crippen molar-refractivity contribution in [3.05, 3.63) is 27.4 Å². The van der Waals surface area contributed by atoms with Crippen molar-refractivity contribution in [3.63, 3.8) is 0 Å². The highest BCUT2D eigenvalue weighted by Crippen LogP contribution is 2.43. The first-order valence-electron chi connectivity index (χ1n) is 7.46. The van der Waals surface area contributed by atoms with E-state index >= 15 is 0 Å². The van der Waals surface area contributed by atoms with Gasteiger partial charge in [0.05, 0.1) is 28.1 Å². The Morgan fingerprint density at radius 1 is 1.35 bits per heavy atom. The number of benzene rings is 1. The second-order valence-electron chi connectivity index (χ2n) is 5.54. The molecule has 5 nitrogen and oxygen atoms in total. The van der Waals surface area contributed by atoms with Crippen molar-refractivity contribution >= 4 is 40.0 Å². The predicted molar refractivity (Wildman–Crippen MR) is 90.8 cm³/mol. The molecule has 1 amide bonds. The number of methoxy groups -OCH3 is 1. The molecule has 1 aromatic carbocycles. The third-order valence-corrected chi connectivity index (χ3v) is 4.89. The molecule has 2 N–H and O–H groups in total. The highest BCUT2D eigenvalue weighted by molar-refractivity contribution is 6.45. The van der Waals surface area contributed by atoms with Crippen LogP contribution in [0.5, 0.6) is 5.75 Å². The zero-order valence-electron chi connectivity index (χ0n) is 13.0. The van der Waals surface area contributed by atoms with Gasteiger partial charge in [0.1, 0.15) is 12.4 Å². The van der Waals surface area contributed by atoms with Crippen LogP contribution in [0.2, 0.25) is 10.0 Å². The highest BCUT2D eigenvalue weighted by atomic mass is 35.5. The number of aromatic amines is 1. The average Bonchev–Trinajstić information content (AvgIpc) is 2.85. The summed E-state index contributed by atoms with van der Waals surface area (Å²) in [6.45, 7) is 3.33. The van der Waals surface area contributed by atoms with Crippen LogP contribution < -0.4 is 10.1 Å². The van der Waals surface area contributed by atoms with Gasteiger partial charge in [0.25, 0.3) is 0 Å². The van der Waals surface area contributed by atoms with Crippen molar-refractivity contribution in [3.8, 4) is 5.75 Å².